The first kappa shape index (κ1) is 13.5. The third kappa shape index (κ3) is 3.78. The highest BCUT2D eigenvalue weighted by molar-refractivity contribution is 9.10. The quantitative estimate of drug-likeness (QED) is 0.369. The number of rotatable bonds is 3. The van der Waals surface area contributed by atoms with Gasteiger partial charge in [0.1, 0.15) is 17.4 Å². The van der Waals surface area contributed by atoms with E-state index in [-0.39, 0.29) is 5.57 Å². The van der Waals surface area contributed by atoms with Crippen LogP contribution in [0.25, 0.3) is 6.08 Å². The van der Waals surface area contributed by atoms with E-state index in [9.17, 15) is 4.79 Å². The van der Waals surface area contributed by atoms with Gasteiger partial charge in [-0.15, -0.1) is 11.3 Å². The lowest BCUT2D eigenvalue weighted by Crippen LogP contribution is -2.09. The maximum atomic E-state index is 11.8. The van der Waals surface area contributed by atoms with Gasteiger partial charge in [0.05, 0.1) is 0 Å². The van der Waals surface area contributed by atoms with Crippen LogP contribution in [-0.2, 0) is 4.79 Å². The van der Waals surface area contributed by atoms with Gasteiger partial charge in [-0.05, 0) is 41.8 Å². The van der Waals surface area contributed by atoms with Crippen molar-refractivity contribution in [1.29, 1.82) is 5.26 Å². The average Bonchev–Trinajstić information content (AvgIpc) is 2.91. The van der Waals surface area contributed by atoms with Gasteiger partial charge in [-0.2, -0.15) is 5.26 Å². The summed E-state index contributed by atoms with van der Waals surface area (Å²) in [6, 6.07) is 12.4. The van der Waals surface area contributed by atoms with Gasteiger partial charge in [0.25, 0.3) is 0 Å². The van der Waals surface area contributed by atoms with Gasteiger partial charge >= 0.3 is 5.97 Å². The zero-order valence-corrected chi connectivity index (χ0v) is 12.1. The molecular formula is C14H8BrNO2S. The number of carbonyl (C=O) groups excluding carboxylic acids is 1. The first-order valence-corrected chi connectivity index (χ1v) is 6.99. The van der Waals surface area contributed by atoms with Gasteiger partial charge < -0.3 is 4.74 Å². The highest BCUT2D eigenvalue weighted by Gasteiger charge is 2.12. The topological polar surface area (TPSA) is 50.1 Å². The zero-order chi connectivity index (χ0) is 13.7. The van der Waals surface area contributed by atoms with Gasteiger partial charge in [-0.3, -0.25) is 0 Å². The molecule has 1 aromatic heterocycles. The van der Waals surface area contributed by atoms with Crippen molar-refractivity contribution < 1.29 is 9.53 Å². The minimum absolute atomic E-state index is 0.0228. The van der Waals surface area contributed by atoms with Crippen molar-refractivity contribution in [3.63, 3.8) is 0 Å². The molecule has 0 fully saturated rings. The van der Waals surface area contributed by atoms with E-state index in [1.165, 1.54) is 17.4 Å². The van der Waals surface area contributed by atoms with Crippen LogP contribution in [0, 0.1) is 11.3 Å². The summed E-state index contributed by atoms with van der Waals surface area (Å²) in [5.41, 5.74) is -0.0228. The minimum atomic E-state index is -0.654. The second-order valence-electron chi connectivity index (χ2n) is 3.53. The van der Waals surface area contributed by atoms with Crippen LogP contribution in [0.3, 0.4) is 0 Å². The standard InChI is InChI=1S/C14H8BrNO2S/c15-11-3-5-12(6-4-11)18-14(17)10(9-16)8-13-2-1-7-19-13/h1-8H/b10-8+. The number of nitriles is 1. The van der Waals surface area contributed by atoms with Crippen LogP contribution in [0.5, 0.6) is 5.75 Å². The lowest BCUT2D eigenvalue weighted by atomic mass is 10.2. The lowest BCUT2D eigenvalue weighted by molar-refractivity contribution is -0.129. The van der Waals surface area contributed by atoms with Crippen LogP contribution < -0.4 is 4.74 Å². The molecule has 0 bridgehead atoms. The van der Waals surface area contributed by atoms with Crippen LogP contribution in [-0.4, -0.2) is 5.97 Å². The van der Waals surface area contributed by atoms with Gasteiger partial charge in [0.2, 0.25) is 0 Å². The average molecular weight is 334 g/mol. The van der Waals surface area contributed by atoms with Crippen molar-refractivity contribution in [2.45, 2.75) is 0 Å². The molecule has 0 aliphatic rings. The largest absolute Gasteiger partial charge is 0.422 e. The molecule has 0 aliphatic heterocycles. The Bertz CT molecular complexity index is 639. The zero-order valence-electron chi connectivity index (χ0n) is 9.67. The maximum Gasteiger partial charge on any atom is 0.354 e. The summed E-state index contributed by atoms with van der Waals surface area (Å²) in [6.07, 6.45) is 1.52. The third-order valence-electron chi connectivity index (χ3n) is 2.19. The first-order chi connectivity index (χ1) is 9.19. The number of esters is 1. The van der Waals surface area contributed by atoms with E-state index in [1.54, 1.807) is 24.3 Å². The van der Waals surface area contributed by atoms with E-state index >= 15 is 0 Å². The Balaban J connectivity index is 2.14. The van der Waals surface area contributed by atoms with Crippen LogP contribution in [0.1, 0.15) is 4.88 Å². The minimum Gasteiger partial charge on any atom is -0.422 e. The summed E-state index contributed by atoms with van der Waals surface area (Å²) in [6.45, 7) is 0. The molecule has 0 saturated heterocycles. The summed E-state index contributed by atoms with van der Waals surface area (Å²) in [4.78, 5) is 12.7. The molecule has 0 N–H and O–H groups in total. The molecule has 0 atom stereocenters. The van der Waals surface area contributed by atoms with Crippen LogP contribution >= 0.6 is 27.3 Å². The molecule has 0 amide bonds. The summed E-state index contributed by atoms with van der Waals surface area (Å²) in [7, 11) is 0. The molecule has 5 heteroatoms. The molecule has 0 spiro atoms. The van der Waals surface area contributed by atoms with Crippen molar-refractivity contribution >= 4 is 39.3 Å². The van der Waals surface area contributed by atoms with Gasteiger partial charge in [0, 0.05) is 9.35 Å². The predicted octanol–water partition coefficient (Wildman–Crippen LogP) is 4.02. The SMILES string of the molecule is N#C/C(=C\c1cccs1)C(=O)Oc1ccc(Br)cc1. The molecule has 0 radical (unpaired) electrons. The molecule has 0 unspecified atom stereocenters. The second kappa shape index (κ2) is 6.32. The van der Waals surface area contributed by atoms with Crippen molar-refractivity contribution in [3.8, 4) is 11.8 Å². The van der Waals surface area contributed by atoms with E-state index in [0.717, 1.165) is 9.35 Å². The molecule has 1 aromatic carbocycles. The van der Waals surface area contributed by atoms with E-state index in [4.69, 9.17) is 10.00 Å². The van der Waals surface area contributed by atoms with E-state index in [2.05, 4.69) is 15.9 Å². The fourth-order valence-electron chi connectivity index (χ4n) is 1.32. The molecule has 0 saturated carbocycles. The number of hydrogen-bond acceptors (Lipinski definition) is 4. The molecule has 0 aliphatic carbocycles. The Hall–Kier alpha value is -1.90. The predicted molar refractivity (Wildman–Crippen MR) is 77.7 cm³/mol. The number of hydrogen-bond donors (Lipinski definition) is 0. The number of nitrogens with zero attached hydrogens (tertiary/aromatic N) is 1. The number of thiophene rings is 1. The second-order valence-corrected chi connectivity index (χ2v) is 5.42. The Morgan fingerprint density at radius 1 is 1.32 bits per heavy atom. The Kier molecular flexibility index (Phi) is 4.50. The fraction of sp³-hybridized carbons (Fsp3) is 0. The molecule has 3 nitrogen and oxygen atoms in total. The van der Waals surface area contributed by atoms with Crippen molar-refractivity contribution in [2.75, 3.05) is 0 Å². The number of ether oxygens (including phenoxy) is 1. The number of halogens is 1. The molecule has 2 aromatic rings. The van der Waals surface area contributed by atoms with Gasteiger partial charge in [0.15, 0.2) is 0 Å². The van der Waals surface area contributed by atoms with Crippen LogP contribution in [0.2, 0.25) is 0 Å². The smallest absolute Gasteiger partial charge is 0.354 e. The highest BCUT2D eigenvalue weighted by atomic mass is 79.9. The van der Waals surface area contributed by atoms with Gasteiger partial charge in [-0.1, -0.05) is 22.0 Å². The third-order valence-corrected chi connectivity index (χ3v) is 3.54. The van der Waals surface area contributed by atoms with Gasteiger partial charge in [-0.25, -0.2) is 4.79 Å². The monoisotopic (exact) mass is 333 g/mol. The van der Waals surface area contributed by atoms with E-state index in [0.29, 0.717) is 5.75 Å². The summed E-state index contributed by atoms with van der Waals surface area (Å²) < 4.78 is 6.02. The molecule has 2 rings (SSSR count). The van der Waals surface area contributed by atoms with Crippen molar-refractivity contribution in [1.82, 2.24) is 0 Å². The van der Waals surface area contributed by atoms with Crippen LogP contribution in [0.15, 0.2) is 51.8 Å². The van der Waals surface area contributed by atoms with Crippen molar-refractivity contribution in [3.05, 3.63) is 56.7 Å². The maximum absolute atomic E-state index is 11.8. The highest BCUT2D eigenvalue weighted by Crippen LogP contribution is 2.18. The molecule has 94 valence electrons. The number of carbonyl (C=O) groups is 1. The van der Waals surface area contributed by atoms with E-state index in [1.807, 2.05) is 23.6 Å². The Morgan fingerprint density at radius 3 is 2.63 bits per heavy atom. The normalized spacial score (nSPS) is 10.8. The molecule has 1 heterocycles. The summed E-state index contributed by atoms with van der Waals surface area (Å²) >= 11 is 4.74. The van der Waals surface area contributed by atoms with Crippen LogP contribution in [0.4, 0.5) is 0 Å². The van der Waals surface area contributed by atoms with E-state index < -0.39 is 5.97 Å². The lowest BCUT2D eigenvalue weighted by Gasteiger charge is -2.02. The van der Waals surface area contributed by atoms with Crippen molar-refractivity contribution in [2.24, 2.45) is 0 Å². The Labute approximate surface area is 122 Å². The summed E-state index contributed by atoms with van der Waals surface area (Å²) in [5, 5.41) is 10.9. The summed E-state index contributed by atoms with van der Waals surface area (Å²) in [5.74, 6) is -0.251. The Morgan fingerprint density at radius 2 is 2.05 bits per heavy atom. The number of benzene rings is 1. The first-order valence-electron chi connectivity index (χ1n) is 5.32. The molecular weight excluding hydrogens is 326 g/mol. The molecule has 19 heavy (non-hydrogen) atoms. The fourth-order valence-corrected chi connectivity index (χ4v) is 2.24.